The first-order chi connectivity index (χ1) is 11.0. The van der Waals surface area contributed by atoms with Crippen LogP contribution < -0.4 is 10.5 Å². The molecule has 1 unspecified atom stereocenters. The number of nitrogens with two attached hydrogens (primary N) is 1. The molecular formula is C15H14BrF3N2O2S. The molecule has 3 N–H and O–H groups in total. The molecule has 0 aliphatic heterocycles. The Morgan fingerprint density at radius 2 is 1.71 bits per heavy atom. The summed E-state index contributed by atoms with van der Waals surface area (Å²) in [6.45, 7) is 1.78. The second-order valence-corrected chi connectivity index (χ2v) is 7.62. The molecule has 2 rings (SSSR count). The highest BCUT2D eigenvalue weighted by Crippen LogP contribution is 2.36. The molecule has 2 aromatic carbocycles. The molecule has 24 heavy (non-hydrogen) atoms. The number of halogens is 4. The van der Waals surface area contributed by atoms with Crippen molar-refractivity contribution in [2.24, 2.45) is 5.14 Å². The molecule has 0 radical (unpaired) electrons. The Balaban J connectivity index is 2.37. The molecule has 1 atom stereocenters. The van der Waals surface area contributed by atoms with Crippen LogP contribution in [-0.4, -0.2) is 8.42 Å². The van der Waals surface area contributed by atoms with Crippen molar-refractivity contribution < 1.29 is 21.6 Å². The smallest absolute Gasteiger partial charge is 0.379 e. The van der Waals surface area contributed by atoms with E-state index in [4.69, 9.17) is 5.14 Å². The van der Waals surface area contributed by atoms with Crippen LogP contribution in [0.2, 0.25) is 0 Å². The van der Waals surface area contributed by atoms with Crippen molar-refractivity contribution in [3.05, 3.63) is 58.1 Å². The van der Waals surface area contributed by atoms with Crippen LogP contribution in [0.4, 0.5) is 18.9 Å². The van der Waals surface area contributed by atoms with Crippen molar-refractivity contribution in [3.8, 4) is 0 Å². The summed E-state index contributed by atoms with van der Waals surface area (Å²) in [6.07, 6.45) is -4.83. The van der Waals surface area contributed by atoms with Crippen LogP contribution in [0.25, 0.3) is 0 Å². The Labute approximate surface area is 146 Å². The van der Waals surface area contributed by atoms with Gasteiger partial charge in [-0.2, -0.15) is 13.2 Å². The van der Waals surface area contributed by atoms with Crippen LogP contribution >= 0.6 is 15.9 Å². The zero-order chi connectivity index (χ0) is 18.1. The van der Waals surface area contributed by atoms with Crippen molar-refractivity contribution in [1.82, 2.24) is 0 Å². The van der Waals surface area contributed by atoms with Crippen LogP contribution in [0.1, 0.15) is 24.1 Å². The molecule has 0 heterocycles. The number of benzene rings is 2. The predicted molar refractivity (Wildman–Crippen MR) is 89.0 cm³/mol. The second-order valence-electron chi connectivity index (χ2n) is 5.17. The van der Waals surface area contributed by atoms with Crippen molar-refractivity contribution >= 4 is 31.6 Å². The van der Waals surface area contributed by atoms with Gasteiger partial charge in [-0.05, 0) is 42.8 Å². The minimum absolute atomic E-state index is 0.144. The predicted octanol–water partition coefficient (Wildman–Crippen LogP) is 4.29. The Morgan fingerprint density at radius 3 is 2.21 bits per heavy atom. The normalized spacial score (nSPS) is 13.6. The quantitative estimate of drug-likeness (QED) is 0.771. The van der Waals surface area contributed by atoms with Gasteiger partial charge in [-0.1, -0.05) is 28.1 Å². The van der Waals surface area contributed by atoms with Gasteiger partial charge in [0.05, 0.1) is 10.5 Å². The third-order valence-corrected chi connectivity index (χ3v) is 4.84. The number of sulfonamides is 1. The van der Waals surface area contributed by atoms with E-state index in [1.807, 2.05) is 24.3 Å². The van der Waals surface area contributed by atoms with E-state index in [-0.39, 0.29) is 11.7 Å². The minimum Gasteiger partial charge on any atom is -0.379 e. The lowest BCUT2D eigenvalue weighted by molar-refractivity contribution is -0.139. The largest absolute Gasteiger partial charge is 0.417 e. The summed E-state index contributed by atoms with van der Waals surface area (Å²) in [7, 11) is -4.47. The lowest BCUT2D eigenvalue weighted by Gasteiger charge is -2.18. The van der Waals surface area contributed by atoms with Gasteiger partial charge in [-0.25, -0.2) is 13.6 Å². The highest BCUT2D eigenvalue weighted by molar-refractivity contribution is 9.10. The summed E-state index contributed by atoms with van der Waals surface area (Å²) in [4.78, 5) is -0.947. The van der Waals surface area contributed by atoms with Crippen molar-refractivity contribution in [1.29, 1.82) is 0 Å². The lowest BCUT2D eigenvalue weighted by atomic mass is 10.1. The molecule has 0 aliphatic carbocycles. The fraction of sp³-hybridized carbons (Fsp3) is 0.200. The minimum atomic E-state index is -4.83. The number of nitrogens with one attached hydrogen (secondary N) is 1. The molecule has 0 bridgehead atoms. The van der Waals surface area contributed by atoms with Crippen LogP contribution in [0.3, 0.4) is 0 Å². The van der Waals surface area contributed by atoms with Gasteiger partial charge in [0.2, 0.25) is 10.0 Å². The Bertz CT molecular complexity index is 837. The average molecular weight is 423 g/mol. The third-order valence-electron chi connectivity index (χ3n) is 3.34. The van der Waals surface area contributed by atoms with E-state index in [1.54, 1.807) is 6.92 Å². The molecule has 0 saturated carbocycles. The van der Waals surface area contributed by atoms with Gasteiger partial charge in [0.25, 0.3) is 0 Å². The molecule has 0 saturated heterocycles. The maximum Gasteiger partial charge on any atom is 0.417 e. The SMILES string of the molecule is CC(Nc1ccc(S(N)(=O)=O)c(C(F)(F)F)c1)c1ccc(Br)cc1. The third kappa shape index (κ3) is 4.49. The first kappa shape index (κ1) is 18.8. The Hall–Kier alpha value is -1.58. The lowest BCUT2D eigenvalue weighted by Crippen LogP contribution is -2.19. The fourth-order valence-corrected chi connectivity index (χ4v) is 3.18. The maximum atomic E-state index is 13.1. The highest BCUT2D eigenvalue weighted by Gasteiger charge is 2.36. The van der Waals surface area contributed by atoms with Gasteiger partial charge in [0, 0.05) is 16.2 Å². The molecule has 9 heteroatoms. The standard InChI is InChI=1S/C15H14BrF3N2O2S/c1-9(10-2-4-11(16)5-3-10)21-12-6-7-14(24(20,22)23)13(8-12)15(17,18)19/h2-9,21H,1H3,(H2,20,22,23). The van der Waals surface area contributed by atoms with Crippen LogP contribution in [-0.2, 0) is 16.2 Å². The van der Waals surface area contributed by atoms with Crippen molar-refractivity contribution in [3.63, 3.8) is 0 Å². The van der Waals surface area contributed by atoms with Gasteiger partial charge in [0.15, 0.2) is 0 Å². The topological polar surface area (TPSA) is 72.2 Å². The van der Waals surface area contributed by atoms with E-state index < -0.39 is 26.7 Å². The van der Waals surface area contributed by atoms with Gasteiger partial charge in [-0.15, -0.1) is 0 Å². The first-order valence-electron chi connectivity index (χ1n) is 6.74. The second kappa shape index (κ2) is 6.73. The zero-order valence-corrected chi connectivity index (χ0v) is 14.8. The molecule has 130 valence electrons. The number of alkyl halides is 3. The molecule has 0 aromatic heterocycles. The molecule has 4 nitrogen and oxygen atoms in total. The first-order valence-corrected chi connectivity index (χ1v) is 9.08. The van der Waals surface area contributed by atoms with Gasteiger partial charge >= 0.3 is 6.18 Å². The number of primary sulfonamides is 1. The van der Waals surface area contributed by atoms with Crippen LogP contribution in [0.15, 0.2) is 51.8 Å². The maximum absolute atomic E-state index is 13.1. The van der Waals surface area contributed by atoms with Crippen LogP contribution in [0.5, 0.6) is 0 Å². The Kier molecular flexibility index (Phi) is 5.26. The fourth-order valence-electron chi connectivity index (χ4n) is 2.17. The highest BCUT2D eigenvalue weighted by atomic mass is 79.9. The molecule has 0 amide bonds. The van der Waals surface area contributed by atoms with E-state index in [0.717, 1.165) is 22.2 Å². The zero-order valence-electron chi connectivity index (χ0n) is 12.4. The van der Waals surface area contributed by atoms with Gasteiger partial charge < -0.3 is 5.32 Å². The molecule has 0 spiro atoms. The Morgan fingerprint density at radius 1 is 1.12 bits per heavy atom. The molecule has 2 aromatic rings. The van der Waals surface area contributed by atoms with E-state index in [1.165, 1.54) is 6.07 Å². The van der Waals surface area contributed by atoms with Crippen molar-refractivity contribution in [2.45, 2.75) is 24.0 Å². The molecular weight excluding hydrogens is 409 g/mol. The van der Waals surface area contributed by atoms with Gasteiger partial charge in [0.1, 0.15) is 0 Å². The summed E-state index contributed by atoms with van der Waals surface area (Å²) in [6, 6.07) is 9.86. The van der Waals surface area contributed by atoms with Crippen molar-refractivity contribution in [2.75, 3.05) is 5.32 Å². The van der Waals surface area contributed by atoms with E-state index in [0.29, 0.717) is 0 Å². The van der Waals surface area contributed by atoms with E-state index >= 15 is 0 Å². The number of anilines is 1. The van der Waals surface area contributed by atoms with Crippen LogP contribution in [0, 0.1) is 0 Å². The van der Waals surface area contributed by atoms with Gasteiger partial charge in [-0.3, -0.25) is 0 Å². The average Bonchev–Trinajstić information content (AvgIpc) is 2.45. The molecule has 0 fully saturated rings. The summed E-state index contributed by atoms with van der Waals surface area (Å²) in [5.74, 6) is 0. The summed E-state index contributed by atoms with van der Waals surface area (Å²) >= 11 is 3.31. The number of hydrogen-bond donors (Lipinski definition) is 2. The summed E-state index contributed by atoms with van der Waals surface area (Å²) in [5, 5.41) is 7.78. The number of rotatable bonds is 4. The summed E-state index contributed by atoms with van der Waals surface area (Å²) in [5.41, 5.74) is -0.287. The summed E-state index contributed by atoms with van der Waals surface area (Å²) < 4.78 is 62.9. The number of hydrogen-bond acceptors (Lipinski definition) is 3. The van der Waals surface area contributed by atoms with E-state index in [9.17, 15) is 21.6 Å². The van der Waals surface area contributed by atoms with E-state index in [2.05, 4.69) is 21.2 Å². The monoisotopic (exact) mass is 422 g/mol. The molecule has 0 aliphatic rings.